The van der Waals surface area contributed by atoms with Crippen molar-refractivity contribution in [3.8, 4) is 0 Å². The number of para-hydroxylation sites is 1. The molecule has 0 saturated heterocycles. The predicted octanol–water partition coefficient (Wildman–Crippen LogP) is 6.40. The monoisotopic (exact) mass is 455 g/mol. The Morgan fingerprint density at radius 1 is 1.03 bits per heavy atom. The van der Waals surface area contributed by atoms with Crippen molar-refractivity contribution >= 4 is 22.6 Å². The third-order valence-corrected chi connectivity index (χ3v) is 6.92. The molecular weight excluding hydrogens is 422 g/mol. The third kappa shape index (κ3) is 3.96. The van der Waals surface area contributed by atoms with E-state index in [1.54, 1.807) is 18.3 Å². The van der Waals surface area contributed by atoms with Crippen molar-refractivity contribution < 1.29 is 9.90 Å². The van der Waals surface area contributed by atoms with E-state index in [4.69, 9.17) is 0 Å². The molecule has 176 valence electrons. The molecular formula is C29H33N3O2. The fraction of sp³-hybridized carbons (Fsp3) is 0.310. The number of hydrogen-bond donors (Lipinski definition) is 1. The molecule has 34 heavy (non-hydrogen) atoms. The van der Waals surface area contributed by atoms with Crippen LogP contribution in [0.2, 0.25) is 0 Å². The molecule has 2 aromatic heterocycles. The molecule has 4 aromatic rings. The number of carboxylic acids is 1. The maximum Gasteiger partial charge on any atom is 0.337 e. The number of anilines is 1. The largest absolute Gasteiger partial charge is 0.478 e. The number of carbonyl (C=O) groups is 1. The number of aromatic nitrogens is 2. The normalized spacial score (nSPS) is 12.1. The first-order valence-electron chi connectivity index (χ1n) is 12.0. The van der Waals surface area contributed by atoms with Crippen molar-refractivity contribution in [2.24, 2.45) is 0 Å². The average Bonchev–Trinajstić information content (AvgIpc) is 3.12. The lowest BCUT2D eigenvalue weighted by atomic mass is 9.82. The Bertz CT molecular complexity index is 1330. The fourth-order valence-electron chi connectivity index (χ4n) is 5.27. The number of hydrogen-bond acceptors (Lipinski definition) is 3. The van der Waals surface area contributed by atoms with E-state index in [-0.39, 0.29) is 11.5 Å². The number of aryl methyl sites for hydroxylation is 2. The van der Waals surface area contributed by atoms with Crippen LogP contribution in [-0.4, -0.2) is 33.7 Å². The lowest BCUT2D eigenvalue weighted by molar-refractivity contribution is 0.0695. The molecule has 0 radical (unpaired) electrons. The molecule has 0 bridgehead atoms. The molecule has 1 unspecified atom stereocenters. The van der Waals surface area contributed by atoms with Crippen LogP contribution >= 0.6 is 0 Å². The molecule has 0 saturated carbocycles. The highest BCUT2D eigenvalue weighted by Gasteiger charge is 2.30. The van der Waals surface area contributed by atoms with Crippen LogP contribution in [0.3, 0.4) is 0 Å². The first kappa shape index (κ1) is 23.6. The summed E-state index contributed by atoms with van der Waals surface area (Å²) in [5, 5.41) is 11.2. The van der Waals surface area contributed by atoms with Crippen LogP contribution in [0.25, 0.3) is 10.9 Å². The van der Waals surface area contributed by atoms with Gasteiger partial charge in [0.2, 0.25) is 0 Å². The van der Waals surface area contributed by atoms with Gasteiger partial charge in [0, 0.05) is 48.1 Å². The zero-order valence-corrected chi connectivity index (χ0v) is 20.7. The van der Waals surface area contributed by atoms with Gasteiger partial charge in [-0.15, -0.1) is 0 Å². The summed E-state index contributed by atoms with van der Waals surface area (Å²) in [6.07, 6.45) is 1.70. The zero-order valence-electron chi connectivity index (χ0n) is 20.7. The van der Waals surface area contributed by atoms with Crippen LogP contribution in [0.4, 0.5) is 5.69 Å². The Kier molecular flexibility index (Phi) is 6.73. The molecule has 0 spiro atoms. The molecule has 2 heterocycles. The van der Waals surface area contributed by atoms with E-state index in [0.29, 0.717) is 5.69 Å². The first-order chi connectivity index (χ1) is 16.4. The second-order valence-corrected chi connectivity index (χ2v) is 8.65. The number of rotatable bonds is 8. The number of nitrogens with zero attached hydrogens (tertiary/aromatic N) is 3. The summed E-state index contributed by atoms with van der Waals surface area (Å²) in [6, 6.07) is 18.3. The minimum absolute atomic E-state index is 0.243. The maximum atomic E-state index is 12.3. The van der Waals surface area contributed by atoms with Gasteiger partial charge in [-0.2, -0.15) is 0 Å². The Morgan fingerprint density at radius 3 is 2.41 bits per heavy atom. The molecule has 0 amide bonds. The van der Waals surface area contributed by atoms with Gasteiger partial charge in [0.15, 0.2) is 0 Å². The summed E-state index contributed by atoms with van der Waals surface area (Å²) in [5.41, 5.74) is 7.64. The van der Waals surface area contributed by atoms with Crippen LogP contribution in [0.15, 0.2) is 60.8 Å². The Labute approximate surface area is 201 Å². The second-order valence-electron chi connectivity index (χ2n) is 8.65. The lowest BCUT2D eigenvalue weighted by Gasteiger charge is -2.25. The van der Waals surface area contributed by atoms with Crippen molar-refractivity contribution in [3.63, 3.8) is 0 Å². The molecule has 2 aromatic carbocycles. The van der Waals surface area contributed by atoms with Crippen LogP contribution < -0.4 is 4.90 Å². The van der Waals surface area contributed by atoms with E-state index in [1.807, 2.05) is 0 Å². The van der Waals surface area contributed by atoms with Crippen LogP contribution in [0, 0.1) is 13.8 Å². The second kappa shape index (κ2) is 9.72. The van der Waals surface area contributed by atoms with Gasteiger partial charge in [-0.1, -0.05) is 24.3 Å². The molecule has 1 atom stereocenters. The number of carboxylic acid groups (broad SMARTS) is 1. The van der Waals surface area contributed by atoms with Crippen LogP contribution in [0.5, 0.6) is 0 Å². The maximum absolute atomic E-state index is 12.3. The first-order valence-corrected chi connectivity index (χ1v) is 12.0. The van der Waals surface area contributed by atoms with E-state index in [1.165, 1.54) is 5.69 Å². The quantitative estimate of drug-likeness (QED) is 0.334. The van der Waals surface area contributed by atoms with E-state index < -0.39 is 5.97 Å². The van der Waals surface area contributed by atoms with Crippen molar-refractivity contribution in [2.75, 3.05) is 18.0 Å². The molecule has 0 aliphatic carbocycles. The lowest BCUT2D eigenvalue weighted by Crippen LogP contribution is -2.22. The molecule has 0 fully saturated rings. The number of pyridine rings is 1. The van der Waals surface area contributed by atoms with Gasteiger partial charge in [-0.05, 0) is 81.6 Å². The van der Waals surface area contributed by atoms with E-state index >= 15 is 0 Å². The van der Waals surface area contributed by atoms with Gasteiger partial charge in [0.05, 0.1) is 17.2 Å². The van der Waals surface area contributed by atoms with Gasteiger partial charge < -0.3 is 14.6 Å². The number of aromatic carboxylic acids is 1. The highest BCUT2D eigenvalue weighted by atomic mass is 16.4. The van der Waals surface area contributed by atoms with Gasteiger partial charge in [0.1, 0.15) is 0 Å². The smallest absolute Gasteiger partial charge is 0.337 e. The number of benzene rings is 2. The summed E-state index contributed by atoms with van der Waals surface area (Å²) in [4.78, 5) is 19.2. The third-order valence-electron chi connectivity index (χ3n) is 6.92. The van der Waals surface area contributed by atoms with Crippen molar-refractivity contribution in [1.82, 2.24) is 9.55 Å². The Hall–Kier alpha value is -3.60. The summed E-state index contributed by atoms with van der Waals surface area (Å²) in [7, 11) is 0. The molecule has 0 aliphatic heterocycles. The summed E-state index contributed by atoms with van der Waals surface area (Å²) >= 11 is 0. The van der Waals surface area contributed by atoms with Crippen molar-refractivity contribution in [3.05, 3.63) is 94.4 Å². The van der Waals surface area contributed by atoms with Gasteiger partial charge >= 0.3 is 5.97 Å². The Balaban J connectivity index is 2.05. The average molecular weight is 456 g/mol. The Morgan fingerprint density at radius 2 is 1.76 bits per heavy atom. The minimum Gasteiger partial charge on any atom is -0.478 e. The molecule has 0 aliphatic rings. The highest BCUT2D eigenvalue weighted by molar-refractivity contribution is 5.91. The van der Waals surface area contributed by atoms with Crippen molar-refractivity contribution in [2.45, 2.75) is 47.1 Å². The summed E-state index contributed by atoms with van der Waals surface area (Å²) in [5.74, 6) is -1.25. The van der Waals surface area contributed by atoms with Gasteiger partial charge in [-0.3, -0.25) is 4.98 Å². The van der Waals surface area contributed by atoms with Crippen LogP contribution in [-0.2, 0) is 6.54 Å². The summed E-state index contributed by atoms with van der Waals surface area (Å²) in [6.45, 7) is 13.4. The van der Waals surface area contributed by atoms with Crippen molar-refractivity contribution in [1.29, 1.82) is 0 Å². The van der Waals surface area contributed by atoms with E-state index in [9.17, 15) is 9.90 Å². The molecule has 1 N–H and O–H groups in total. The zero-order chi connectivity index (χ0) is 24.4. The SMILES string of the molecule is CCN(CC)c1ccc(C(c2ncccc2C(=O)O)c2c(C)n(CC)c3ccccc23)c(C)c1. The predicted molar refractivity (Wildman–Crippen MR) is 139 cm³/mol. The molecule has 5 nitrogen and oxygen atoms in total. The molecule has 4 rings (SSSR count). The topological polar surface area (TPSA) is 58.4 Å². The van der Waals surface area contributed by atoms with Gasteiger partial charge in [-0.25, -0.2) is 4.79 Å². The summed E-state index contributed by atoms with van der Waals surface area (Å²) < 4.78 is 2.31. The minimum atomic E-state index is -0.956. The van der Waals surface area contributed by atoms with Crippen LogP contribution in [0.1, 0.15) is 65.1 Å². The standard InChI is InChI=1S/C29H33N3O2/c1-6-31(7-2)21-15-16-22(19(4)18-21)27(28-24(29(33)34)13-11-17-30-28)26-20(5)32(8-3)25-14-10-9-12-23(25)26/h9-18,27H,6-8H2,1-5H3,(H,33,34). The number of fused-ring (bicyclic) bond motifs is 1. The van der Waals surface area contributed by atoms with E-state index in [0.717, 1.165) is 52.9 Å². The fourth-order valence-corrected chi connectivity index (χ4v) is 5.27. The van der Waals surface area contributed by atoms with Gasteiger partial charge in [0.25, 0.3) is 0 Å². The highest BCUT2D eigenvalue weighted by Crippen LogP contribution is 2.42. The molecule has 5 heteroatoms. The van der Waals surface area contributed by atoms with E-state index in [2.05, 4.69) is 91.5 Å².